The zero-order chi connectivity index (χ0) is 11.5. The van der Waals surface area contributed by atoms with E-state index in [0.717, 1.165) is 25.7 Å². The molecule has 0 N–H and O–H groups in total. The number of carbonyl (C=O) groups is 2. The van der Waals surface area contributed by atoms with Crippen LogP contribution in [0.4, 0.5) is 0 Å². The van der Waals surface area contributed by atoms with Gasteiger partial charge in [0.2, 0.25) is 0 Å². The van der Waals surface area contributed by atoms with Crippen molar-refractivity contribution in [2.45, 2.75) is 46.0 Å². The first-order valence-corrected chi connectivity index (χ1v) is 5.67. The second kappa shape index (κ2) is 4.77. The first kappa shape index (κ1) is 12.2. The van der Waals surface area contributed by atoms with Gasteiger partial charge in [-0.3, -0.25) is 9.59 Å². The fraction of sp³-hybridized carbons (Fsp3) is 0.833. The number of ether oxygens (including phenoxy) is 1. The van der Waals surface area contributed by atoms with Gasteiger partial charge >= 0.3 is 5.97 Å². The van der Waals surface area contributed by atoms with Gasteiger partial charge in [-0.1, -0.05) is 26.7 Å². The summed E-state index contributed by atoms with van der Waals surface area (Å²) < 4.78 is 4.69. The lowest BCUT2D eigenvalue weighted by Gasteiger charge is -2.16. The van der Waals surface area contributed by atoms with E-state index in [2.05, 4.69) is 6.92 Å². The lowest BCUT2D eigenvalue weighted by atomic mass is 9.88. The summed E-state index contributed by atoms with van der Waals surface area (Å²) in [5, 5.41) is 0. The highest BCUT2D eigenvalue weighted by Gasteiger charge is 2.49. The summed E-state index contributed by atoms with van der Waals surface area (Å²) in [6, 6.07) is 0. The Morgan fingerprint density at radius 3 is 2.40 bits per heavy atom. The van der Waals surface area contributed by atoms with Crippen LogP contribution in [0.2, 0.25) is 0 Å². The number of hydrogen-bond acceptors (Lipinski definition) is 3. The second-order valence-corrected chi connectivity index (χ2v) is 4.64. The van der Waals surface area contributed by atoms with Crippen LogP contribution in [0.5, 0.6) is 0 Å². The number of hydrogen-bond donors (Lipinski definition) is 0. The molecular formula is C12H20O3. The van der Waals surface area contributed by atoms with Gasteiger partial charge in [0, 0.05) is 5.41 Å². The molecule has 0 heterocycles. The van der Waals surface area contributed by atoms with E-state index in [0.29, 0.717) is 6.42 Å². The first-order chi connectivity index (χ1) is 7.05. The zero-order valence-corrected chi connectivity index (χ0v) is 9.84. The Morgan fingerprint density at radius 1 is 1.40 bits per heavy atom. The van der Waals surface area contributed by atoms with Crippen molar-refractivity contribution >= 4 is 11.8 Å². The number of esters is 1. The molecule has 0 bridgehead atoms. The highest BCUT2D eigenvalue weighted by Crippen LogP contribution is 2.48. The van der Waals surface area contributed by atoms with Crippen LogP contribution in [0, 0.1) is 11.3 Å². The maximum absolute atomic E-state index is 12.0. The molecule has 0 saturated heterocycles. The van der Waals surface area contributed by atoms with Gasteiger partial charge in [0.25, 0.3) is 0 Å². The zero-order valence-electron chi connectivity index (χ0n) is 9.84. The average molecular weight is 212 g/mol. The average Bonchev–Trinajstić information content (AvgIpc) is 2.97. The van der Waals surface area contributed by atoms with Gasteiger partial charge in [0.15, 0.2) is 5.78 Å². The summed E-state index contributed by atoms with van der Waals surface area (Å²) in [7, 11) is 1.35. The van der Waals surface area contributed by atoms with Crippen LogP contribution >= 0.6 is 0 Å². The number of rotatable bonds is 6. The third kappa shape index (κ3) is 2.80. The molecule has 1 rings (SSSR count). The van der Waals surface area contributed by atoms with Gasteiger partial charge in [-0.05, 0) is 19.3 Å². The minimum atomic E-state index is -0.526. The lowest BCUT2D eigenvalue weighted by molar-refractivity contribution is -0.151. The minimum Gasteiger partial charge on any atom is -0.468 e. The van der Waals surface area contributed by atoms with Crippen molar-refractivity contribution in [2.75, 3.05) is 7.11 Å². The fourth-order valence-corrected chi connectivity index (χ4v) is 1.76. The Balaban J connectivity index is 2.62. The van der Waals surface area contributed by atoms with Gasteiger partial charge < -0.3 is 4.74 Å². The Labute approximate surface area is 91.2 Å². The highest BCUT2D eigenvalue weighted by molar-refractivity contribution is 6.02. The van der Waals surface area contributed by atoms with E-state index in [4.69, 9.17) is 4.74 Å². The Morgan fingerprint density at radius 2 is 2.00 bits per heavy atom. The third-order valence-electron chi connectivity index (χ3n) is 3.24. The van der Waals surface area contributed by atoms with Crippen molar-refractivity contribution in [1.29, 1.82) is 0 Å². The van der Waals surface area contributed by atoms with Crippen LogP contribution in [0.3, 0.4) is 0 Å². The predicted octanol–water partition coefficient (Wildman–Crippen LogP) is 2.33. The van der Waals surface area contributed by atoms with Crippen molar-refractivity contribution in [3.63, 3.8) is 0 Å². The lowest BCUT2D eigenvalue weighted by Crippen LogP contribution is -2.30. The molecule has 1 saturated carbocycles. The van der Waals surface area contributed by atoms with Crippen molar-refractivity contribution in [2.24, 2.45) is 11.3 Å². The van der Waals surface area contributed by atoms with Crippen molar-refractivity contribution in [1.82, 2.24) is 0 Å². The molecule has 3 nitrogen and oxygen atoms in total. The van der Waals surface area contributed by atoms with Gasteiger partial charge in [0.1, 0.15) is 5.92 Å². The number of ketones is 1. The molecule has 15 heavy (non-hydrogen) atoms. The summed E-state index contributed by atoms with van der Waals surface area (Å²) >= 11 is 0. The van der Waals surface area contributed by atoms with Gasteiger partial charge in [-0.25, -0.2) is 0 Å². The molecule has 1 unspecified atom stereocenters. The molecule has 1 aliphatic rings. The van der Waals surface area contributed by atoms with Crippen LogP contribution in [0.25, 0.3) is 0 Å². The van der Waals surface area contributed by atoms with Crippen LogP contribution in [-0.4, -0.2) is 18.9 Å². The largest absolute Gasteiger partial charge is 0.468 e. The minimum absolute atomic E-state index is 0.0859. The molecule has 86 valence electrons. The topological polar surface area (TPSA) is 43.4 Å². The van der Waals surface area contributed by atoms with E-state index in [1.165, 1.54) is 7.11 Å². The van der Waals surface area contributed by atoms with E-state index < -0.39 is 5.92 Å². The van der Waals surface area contributed by atoms with E-state index >= 15 is 0 Å². The molecule has 0 spiro atoms. The van der Waals surface area contributed by atoms with E-state index in [-0.39, 0.29) is 17.2 Å². The van der Waals surface area contributed by atoms with Crippen LogP contribution in [0.1, 0.15) is 46.0 Å². The van der Waals surface area contributed by atoms with Crippen LogP contribution in [-0.2, 0) is 14.3 Å². The van der Waals surface area contributed by atoms with Gasteiger partial charge in [-0.2, -0.15) is 0 Å². The molecule has 0 amide bonds. The number of methoxy groups -OCH3 is 1. The van der Waals surface area contributed by atoms with Crippen LogP contribution < -0.4 is 0 Å². The molecule has 1 atom stereocenters. The molecular weight excluding hydrogens is 192 g/mol. The number of unbranched alkanes of at least 4 members (excludes halogenated alkanes) is 1. The summed E-state index contributed by atoms with van der Waals surface area (Å²) in [6.45, 7) is 3.99. The Kier molecular flexibility index (Phi) is 3.89. The molecule has 0 aromatic heterocycles. The standard InChI is InChI=1S/C12H20O3/c1-4-5-6-9(11(14)15-3)10(13)12(2)7-8-12/h9H,4-8H2,1-3H3. The second-order valence-electron chi connectivity index (χ2n) is 4.64. The SMILES string of the molecule is CCCCC(C(=O)OC)C(=O)C1(C)CC1. The quantitative estimate of drug-likeness (QED) is 0.501. The van der Waals surface area contributed by atoms with E-state index in [9.17, 15) is 9.59 Å². The fourth-order valence-electron chi connectivity index (χ4n) is 1.76. The maximum atomic E-state index is 12.0. The number of carbonyl (C=O) groups excluding carboxylic acids is 2. The molecule has 1 aliphatic carbocycles. The van der Waals surface area contributed by atoms with Gasteiger partial charge in [0.05, 0.1) is 7.11 Å². The van der Waals surface area contributed by atoms with Crippen LogP contribution in [0.15, 0.2) is 0 Å². The molecule has 0 radical (unpaired) electrons. The Bertz CT molecular complexity index is 254. The maximum Gasteiger partial charge on any atom is 0.316 e. The van der Waals surface area contributed by atoms with E-state index in [1.807, 2.05) is 6.92 Å². The molecule has 0 aromatic carbocycles. The molecule has 1 fully saturated rings. The third-order valence-corrected chi connectivity index (χ3v) is 3.24. The molecule has 3 heteroatoms. The highest BCUT2D eigenvalue weighted by atomic mass is 16.5. The van der Waals surface area contributed by atoms with Crippen molar-refractivity contribution in [3.05, 3.63) is 0 Å². The van der Waals surface area contributed by atoms with E-state index in [1.54, 1.807) is 0 Å². The summed E-state index contributed by atoms with van der Waals surface area (Å²) in [4.78, 5) is 23.5. The summed E-state index contributed by atoms with van der Waals surface area (Å²) in [6.07, 6.45) is 4.38. The Hall–Kier alpha value is -0.860. The smallest absolute Gasteiger partial charge is 0.316 e. The predicted molar refractivity (Wildman–Crippen MR) is 57.4 cm³/mol. The summed E-state index contributed by atoms with van der Waals surface area (Å²) in [5.74, 6) is -0.799. The van der Waals surface area contributed by atoms with Crippen molar-refractivity contribution in [3.8, 4) is 0 Å². The number of Topliss-reactive ketones (excluding diaryl/α,β-unsaturated/α-hetero) is 1. The van der Waals surface area contributed by atoms with Crippen molar-refractivity contribution < 1.29 is 14.3 Å². The normalized spacial score (nSPS) is 19.4. The molecule has 0 aromatic rings. The molecule has 0 aliphatic heterocycles. The van der Waals surface area contributed by atoms with Gasteiger partial charge in [-0.15, -0.1) is 0 Å². The summed E-state index contributed by atoms with van der Waals surface area (Å²) in [5.41, 5.74) is -0.230. The monoisotopic (exact) mass is 212 g/mol. The first-order valence-electron chi connectivity index (χ1n) is 5.67.